The lowest BCUT2D eigenvalue weighted by atomic mass is 9.89. The fraction of sp³-hybridized carbons (Fsp3) is 0.600. The fourth-order valence-corrected chi connectivity index (χ4v) is 1.11. The third kappa shape index (κ3) is 3.64. The first-order valence-electron chi connectivity index (χ1n) is 4.79. The molecule has 0 fully saturated rings. The molecule has 0 aliphatic heterocycles. The summed E-state index contributed by atoms with van der Waals surface area (Å²) in [5.74, 6) is 0.502. The molecule has 0 saturated carbocycles. The average Bonchev–Trinajstić information content (AvgIpc) is 2.14. The second-order valence-electron chi connectivity index (χ2n) is 4.46. The summed E-state index contributed by atoms with van der Waals surface area (Å²) in [6.07, 6.45) is 2.61. The van der Waals surface area contributed by atoms with Crippen LogP contribution in [0.4, 0.5) is 5.82 Å². The molecule has 1 heterocycles. The third-order valence-corrected chi connectivity index (χ3v) is 2.39. The molecule has 0 bridgehead atoms. The molecule has 1 aromatic heterocycles. The molecule has 0 radical (unpaired) electrons. The predicted octanol–water partition coefficient (Wildman–Crippen LogP) is 1.95. The van der Waals surface area contributed by atoms with E-state index in [4.69, 9.17) is 11.6 Å². The van der Waals surface area contributed by atoms with Crippen molar-refractivity contribution in [3.63, 3.8) is 0 Å². The van der Waals surface area contributed by atoms with Crippen LogP contribution in [-0.2, 0) is 0 Å². The second kappa shape index (κ2) is 4.77. The Morgan fingerprint density at radius 2 is 2.00 bits per heavy atom. The van der Waals surface area contributed by atoms with Gasteiger partial charge in [0.15, 0.2) is 11.0 Å². The normalized spacial score (nSPS) is 13.7. The van der Waals surface area contributed by atoms with Crippen LogP contribution in [0.15, 0.2) is 12.4 Å². The third-order valence-electron chi connectivity index (χ3n) is 2.12. The molecule has 4 nitrogen and oxygen atoms in total. The summed E-state index contributed by atoms with van der Waals surface area (Å²) in [5, 5.41) is 13.1. The minimum Gasteiger partial charge on any atom is -0.391 e. The predicted molar refractivity (Wildman–Crippen MR) is 61.0 cm³/mol. The van der Waals surface area contributed by atoms with Gasteiger partial charge in [0.05, 0.1) is 6.10 Å². The van der Waals surface area contributed by atoms with Gasteiger partial charge in [-0.05, 0) is 5.41 Å². The maximum Gasteiger partial charge on any atom is 0.171 e. The molecule has 0 amide bonds. The molecule has 0 saturated heterocycles. The standard InChI is InChI=1S/C10H16ClN3O/c1-10(2,3)7(15)6-14-9-8(11)12-4-5-13-9/h4-5,7,15H,6H2,1-3H3,(H,13,14). The zero-order valence-electron chi connectivity index (χ0n) is 9.16. The molecule has 2 N–H and O–H groups in total. The maximum absolute atomic E-state index is 9.78. The van der Waals surface area contributed by atoms with Gasteiger partial charge in [-0.3, -0.25) is 0 Å². The minimum atomic E-state index is -0.462. The number of nitrogens with zero attached hydrogens (tertiary/aromatic N) is 2. The van der Waals surface area contributed by atoms with Crippen LogP contribution < -0.4 is 5.32 Å². The lowest BCUT2D eigenvalue weighted by molar-refractivity contribution is 0.0745. The van der Waals surface area contributed by atoms with Gasteiger partial charge in [0.25, 0.3) is 0 Å². The average molecular weight is 230 g/mol. The Morgan fingerprint density at radius 3 is 2.53 bits per heavy atom. The van der Waals surface area contributed by atoms with E-state index in [1.165, 1.54) is 6.20 Å². The van der Waals surface area contributed by atoms with Crippen molar-refractivity contribution in [1.29, 1.82) is 0 Å². The van der Waals surface area contributed by atoms with Gasteiger partial charge in [0.2, 0.25) is 0 Å². The summed E-state index contributed by atoms with van der Waals surface area (Å²) in [6.45, 7) is 6.31. The number of nitrogens with one attached hydrogen (secondary N) is 1. The van der Waals surface area contributed by atoms with Gasteiger partial charge < -0.3 is 10.4 Å². The van der Waals surface area contributed by atoms with Gasteiger partial charge in [0, 0.05) is 18.9 Å². The molecule has 1 aromatic rings. The molecule has 15 heavy (non-hydrogen) atoms. The molecule has 1 atom stereocenters. The summed E-state index contributed by atoms with van der Waals surface area (Å²) in [7, 11) is 0. The number of hydrogen-bond acceptors (Lipinski definition) is 4. The Kier molecular flexibility index (Phi) is 3.88. The molecule has 0 aliphatic carbocycles. The van der Waals surface area contributed by atoms with E-state index in [9.17, 15) is 5.11 Å². The van der Waals surface area contributed by atoms with E-state index in [0.717, 1.165) is 0 Å². The van der Waals surface area contributed by atoms with E-state index in [1.807, 2.05) is 20.8 Å². The van der Waals surface area contributed by atoms with E-state index in [0.29, 0.717) is 17.5 Å². The topological polar surface area (TPSA) is 58.0 Å². The van der Waals surface area contributed by atoms with E-state index in [1.54, 1.807) is 6.20 Å². The molecule has 0 aromatic carbocycles. The van der Waals surface area contributed by atoms with Crippen molar-refractivity contribution >= 4 is 17.4 Å². The van der Waals surface area contributed by atoms with Gasteiger partial charge >= 0.3 is 0 Å². The van der Waals surface area contributed by atoms with E-state index >= 15 is 0 Å². The molecule has 0 aliphatic rings. The highest BCUT2D eigenvalue weighted by molar-refractivity contribution is 6.31. The van der Waals surface area contributed by atoms with Crippen LogP contribution in [0, 0.1) is 5.41 Å². The molecule has 5 heteroatoms. The highest BCUT2D eigenvalue weighted by atomic mass is 35.5. The summed E-state index contributed by atoms with van der Waals surface area (Å²) in [6, 6.07) is 0. The van der Waals surface area contributed by atoms with Crippen molar-refractivity contribution in [3.8, 4) is 0 Å². The lowest BCUT2D eigenvalue weighted by Crippen LogP contribution is -2.33. The number of hydrogen-bond donors (Lipinski definition) is 2. The Labute approximate surface area is 94.7 Å². The highest BCUT2D eigenvalue weighted by Gasteiger charge is 2.21. The Bertz CT molecular complexity index is 325. The van der Waals surface area contributed by atoms with Crippen molar-refractivity contribution in [2.45, 2.75) is 26.9 Å². The number of rotatable bonds is 3. The van der Waals surface area contributed by atoms with Crippen molar-refractivity contribution in [1.82, 2.24) is 9.97 Å². The quantitative estimate of drug-likeness (QED) is 0.832. The van der Waals surface area contributed by atoms with E-state index in [-0.39, 0.29) is 5.41 Å². The molecular weight excluding hydrogens is 214 g/mol. The highest BCUT2D eigenvalue weighted by Crippen LogP contribution is 2.20. The van der Waals surface area contributed by atoms with Crippen molar-refractivity contribution in [3.05, 3.63) is 17.5 Å². The van der Waals surface area contributed by atoms with Gasteiger partial charge in [-0.1, -0.05) is 32.4 Å². The van der Waals surface area contributed by atoms with Gasteiger partial charge in [-0.2, -0.15) is 0 Å². The Balaban J connectivity index is 2.55. The summed E-state index contributed by atoms with van der Waals surface area (Å²) >= 11 is 5.80. The van der Waals surface area contributed by atoms with Gasteiger partial charge in [-0.15, -0.1) is 0 Å². The van der Waals surface area contributed by atoms with Crippen LogP contribution >= 0.6 is 11.6 Å². The molecular formula is C10H16ClN3O. The molecule has 1 rings (SSSR count). The monoisotopic (exact) mass is 229 g/mol. The van der Waals surface area contributed by atoms with Gasteiger partial charge in [0.1, 0.15) is 0 Å². The summed E-state index contributed by atoms with van der Waals surface area (Å²) in [4.78, 5) is 7.89. The number of halogens is 1. The molecule has 0 spiro atoms. The number of aliphatic hydroxyl groups is 1. The van der Waals surface area contributed by atoms with Crippen LogP contribution in [-0.4, -0.2) is 27.7 Å². The maximum atomic E-state index is 9.78. The van der Waals surface area contributed by atoms with Gasteiger partial charge in [-0.25, -0.2) is 9.97 Å². The lowest BCUT2D eigenvalue weighted by Gasteiger charge is -2.26. The van der Waals surface area contributed by atoms with Crippen molar-refractivity contribution < 1.29 is 5.11 Å². The van der Waals surface area contributed by atoms with Crippen LogP contribution in [0.1, 0.15) is 20.8 Å². The largest absolute Gasteiger partial charge is 0.391 e. The van der Waals surface area contributed by atoms with Crippen molar-refractivity contribution in [2.75, 3.05) is 11.9 Å². The second-order valence-corrected chi connectivity index (χ2v) is 4.82. The number of aromatic nitrogens is 2. The first-order chi connectivity index (χ1) is 6.91. The Morgan fingerprint density at radius 1 is 1.40 bits per heavy atom. The smallest absolute Gasteiger partial charge is 0.171 e. The Hall–Kier alpha value is -0.870. The van der Waals surface area contributed by atoms with Crippen LogP contribution in [0.3, 0.4) is 0 Å². The first kappa shape index (κ1) is 12.2. The SMILES string of the molecule is CC(C)(C)C(O)CNc1nccnc1Cl. The summed E-state index contributed by atoms with van der Waals surface area (Å²) < 4.78 is 0. The first-order valence-corrected chi connectivity index (χ1v) is 5.17. The fourth-order valence-electron chi connectivity index (χ4n) is 0.939. The molecule has 1 unspecified atom stereocenters. The van der Waals surface area contributed by atoms with Crippen LogP contribution in [0.2, 0.25) is 5.15 Å². The minimum absolute atomic E-state index is 0.165. The van der Waals surface area contributed by atoms with Crippen molar-refractivity contribution in [2.24, 2.45) is 5.41 Å². The van der Waals surface area contributed by atoms with E-state index < -0.39 is 6.10 Å². The van der Waals surface area contributed by atoms with E-state index in [2.05, 4.69) is 15.3 Å². The molecule has 84 valence electrons. The zero-order chi connectivity index (χ0) is 11.5. The van der Waals surface area contributed by atoms with Crippen LogP contribution in [0.5, 0.6) is 0 Å². The number of anilines is 1. The number of aliphatic hydroxyl groups excluding tert-OH is 1. The summed E-state index contributed by atoms with van der Waals surface area (Å²) in [5.41, 5.74) is -0.165. The zero-order valence-corrected chi connectivity index (χ0v) is 9.91. The van der Waals surface area contributed by atoms with Crippen LogP contribution in [0.25, 0.3) is 0 Å².